The van der Waals surface area contributed by atoms with Gasteiger partial charge in [-0.3, -0.25) is 9.78 Å². The number of nitrogens with one attached hydrogen (secondary N) is 1. The Labute approximate surface area is 130 Å². The summed E-state index contributed by atoms with van der Waals surface area (Å²) in [5.74, 6) is 0.339. The van der Waals surface area contributed by atoms with Crippen LogP contribution in [0.5, 0.6) is 0 Å². The summed E-state index contributed by atoms with van der Waals surface area (Å²) in [6.45, 7) is 1.51. The van der Waals surface area contributed by atoms with Crippen molar-refractivity contribution in [2.24, 2.45) is 5.92 Å². The van der Waals surface area contributed by atoms with Crippen molar-refractivity contribution in [3.05, 3.63) is 66.0 Å². The maximum atomic E-state index is 12.5. The van der Waals surface area contributed by atoms with E-state index in [-0.39, 0.29) is 11.9 Å². The minimum Gasteiger partial charge on any atom is -0.381 e. The van der Waals surface area contributed by atoms with E-state index >= 15 is 0 Å². The molecule has 1 amide bonds. The Morgan fingerprint density at radius 1 is 1.14 bits per heavy atom. The van der Waals surface area contributed by atoms with E-state index in [4.69, 9.17) is 4.74 Å². The molecule has 0 unspecified atom stereocenters. The molecule has 22 heavy (non-hydrogen) atoms. The molecule has 1 aliphatic heterocycles. The smallest absolute Gasteiger partial charge is 0.251 e. The van der Waals surface area contributed by atoms with Crippen molar-refractivity contribution in [2.45, 2.75) is 18.9 Å². The Hall–Kier alpha value is -2.20. The van der Waals surface area contributed by atoms with Gasteiger partial charge < -0.3 is 10.1 Å². The van der Waals surface area contributed by atoms with Gasteiger partial charge >= 0.3 is 0 Å². The quantitative estimate of drug-likeness (QED) is 0.943. The Morgan fingerprint density at radius 2 is 1.91 bits per heavy atom. The van der Waals surface area contributed by atoms with Gasteiger partial charge in [0, 0.05) is 31.2 Å². The molecule has 2 aromatic rings. The molecule has 1 fully saturated rings. The molecule has 1 aliphatic rings. The van der Waals surface area contributed by atoms with Gasteiger partial charge in [0.05, 0.1) is 6.04 Å². The van der Waals surface area contributed by atoms with E-state index in [1.165, 1.54) is 0 Å². The van der Waals surface area contributed by atoms with Gasteiger partial charge in [-0.25, -0.2) is 0 Å². The summed E-state index contributed by atoms with van der Waals surface area (Å²) >= 11 is 0. The number of ether oxygens (including phenoxy) is 1. The maximum absolute atomic E-state index is 12.5. The number of nitrogens with zero attached hydrogens (tertiary/aromatic N) is 1. The highest BCUT2D eigenvalue weighted by Gasteiger charge is 2.27. The van der Waals surface area contributed by atoms with E-state index < -0.39 is 0 Å². The molecule has 4 nitrogen and oxygen atoms in total. The van der Waals surface area contributed by atoms with Crippen molar-refractivity contribution >= 4 is 5.91 Å². The largest absolute Gasteiger partial charge is 0.381 e. The lowest BCUT2D eigenvalue weighted by Gasteiger charge is -2.31. The van der Waals surface area contributed by atoms with Crippen LogP contribution in [0.4, 0.5) is 0 Å². The fourth-order valence-corrected chi connectivity index (χ4v) is 2.90. The van der Waals surface area contributed by atoms with E-state index in [2.05, 4.69) is 10.3 Å². The third-order valence-corrected chi connectivity index (χ3v) is 4.10. The minimum atomic E-state index is -0.0408. The Balaban J connectivity index is 1.81. The second kappa shape index (κ2) is 7.18. The second-order valence-electron chi connectivity index (χ2n) is 5.55. The lowest BCUT2D eigenvalue weighted by molar-refractivity contribution is 0.0513. The van der Waals surface area contributed by atoms with Crippen molar-refractivity contribution in [1.82, 2.24) is 10.3 Å². The van der Waals surface area contributed by atoms with Crippen LogP contribution in [0.2, 0.25) is 0 Å². The number of hydrogen-bond acceptors (Lipinski definition) is 3. The topological polar surface area (TPSA) is 51.2 Å². The summed E-state index contributed by atoms with van der Waals surface area (Å²) in [6.07, 6.45) is 5.50. The molecule has 114 valence electrons. The molecule has 2 heterocycles. The van der Waals surface area contributed by atoms with Crippen molar-refractivity contribution in [2.75, 3.05) is 13.2 Å². The SMILES string of the molecule is O=C(N[C@H](c1cccnc1)C1CCOCC1)c1ccccc1. The van der Waals surface area contributed by atoms with Crippen molar-refractivity contribution in [1.29, 1.82) is 0 Å². The molecule has 4 heteroatoms. The fraction of sp³-hybridized carbons (Fsp3) is 0.333. The van der Waals surface area contributed by atoms with Crippen LogP contribution >= 0.6 is 0 Å². The number of rotatable bonds is 4. The van der Waals surface area contributed by atoms with Crippen LogP contribution in [-0.4, -0.2) is 24.1 Å². The molecular formula is C18H20N2O2. The molecule has 0 bridgehead atoms. The average Bonchev–Trinajstić information content (AvgIpc) is 2.62. The monoisotopic (exact) mass is 296 g/mol. The third-order valence-electron chi connectivity index (χ3n) is 4.10. The van der Waals surface area contributed by atoms with Crippen LogP contribution in [0.1, 0.15) is 34.8 Å². The zero-order chi connectivity index (χ0) is 15.2. The minimum absolute atomic E-state index is 0.0229. The van der Waals surface area contributed by atoms with Crippen LogP contribution in [-0.2, 0) is 4.74 Å². The standard InChI is InChI=1S/C18H20N2O2/c21-18(15-5-2-1-3-6-15)20-17(14-8-11-22-12-9-14)16-7-4-10-19-13-16/h1-7,10,13-14,17H,8-9,11-12H2,(H,20,21)/t17-/m0/s1. The zero-order valence-corrected chi connectivity index (χ0v) is 12.4. The summed E-state index contributed by atoms with van der Waals surface area (Å²) in [5.41, 5.74) is 1.74. The number of hydrogen-bond donors (Lipinski definition) is 1. The van der Waals surface area contributed by atoms with E-state index in [0.717, 1.165) is 31.6 Å². The second-order valence-corrected chi connectivity index (χ2v) is 5.55. The molecule has 0 radical (unpaired) electrons. The molecule has 0 saturated carbocycles. The summed E-state index contributed by atoms with van der Waals surface area (Å²) < 4.78 is 5.45. The Kier molecular flexibility index (Phi) is 4.81. The molecule has 1 aromatic carbocycles. The van der Waals surface area contributed by atoms with Crippen molar-refractivity contribution in [3.8, 4) is 0 Å². The number of aromatic nitrogens is 1. The van der Waals surface area contributed by atoms with Gasteiger partial charge in [0.15, 0.2) is 0 Å². The molecule has 0 spiro atoms. The van der Waals surface area contributed by atoms with Crippen molar-refractivity contribution < 1.29 is 9.53 Å². The normalized spacial score (nSPS) is 16.9. The summed E-state index contributed by atoms with van der Waals surface area (Å²) in [5, 5.41) is 3.18. The van der Waals surface area contributed by atoms with Crippen LogP contribution in [0.15, 0.2) is 54.9 Å². The lowest BCUT2D eigenvalue weighted by atomic mass is 9.87. The van der Waals surface area contributed by atoms with E-state index in [1.54, 1.807) is 6.20 Å². The first kappa shape index (κ1) is 14.7. The van der Waals surface area contributed by atoms with Crippen LogP contribution in [0.3, 0.4) is 0 Å². The highest BCUT2D eigenvalue weighted by Crippen LogP contribution is 2.30. The van der Waals surface area contributed by atoms with Gasteiger partial charge in [-0.1, -0.05) is 24.3 Å². The third kappa shape index (κ3) is 3.52. The van der Waals surface area contributed by atoms with Crippen molar-refractivity contribution in [3.63, 3.8) is 0 Å². The van der Waals surface area contributed by atoms with Gasteiger partial charge in [0.1, 0.15) is 0 Å². The fourth-order valence-electron chi connectivity index (χ4n) is 2.90. The van der Waals surface area contributed by atoms with Gasteiger partial charge in [0.25, 0.3) is 5.91 Å². The number of amides is 1. The highest BCUT2D eigenvalue weighted by molar-refractivity contribution is 5.94. The van der Waals surface area contributed by atoms with Gasteiger partial charge in [-0.2, -0.15) is 0 Å². The number of carbonyl (C=O) groups is 1. The van der Waals surface area contributed by atoms with Gasteiger partial charge in [0.2, 0.25) is 0 Å². The lowest BCUT2D eigenvalue weighted by Crippen LogP contribution is -2.36. The van der Waals surface area contributed by atoms with Gasteiger partial charge in [-0.15, -0.1) is 0 Å². The zero-order valence-electron chi connectivity index (χ0n) is 12.4. The first-order valence-corrected chi connectivity index (χ1v) is 7.68. The summed E-state index contributed by atoms with van der Waals surface area (Å²) in [6, 6.07) is 13.2. The Morgan fingerprint density at radius 3 is 2.59 bits per heavy atom. The number of carbonyl (C=O) groups excluding carboxylic acids is 1. The number of benzene rings is 1. The van der Waals surface area contributed by atoms with E-state index in [9.17, 15) is 4.79 Å². The molecule has 1 N–H and O–H groups in total. The average molecular weight is 296 g/mol. The molecule has 1 atom stereocenters. The summed E-state index contributed by atoms with van der Waals surface area (Å²) in [7, 11) is 0. The molecule has 3 rings (SSSR count). The molecular weight excluding hydrogens is 276 g/mol. The van der Waals surface area contributed by atoms with E-state index in [0.29, 0.717) is 11.5 Å². The van der Waals surface area contributed by atoms with Crippen LogP contribution in [0.25, 0.3) is 0 Å². The van der Waals surface area contributed by atoms with Gasteiger partial charge in [-0.05, 0) is 42.5 Å². The van der Waals surface area contributed by atoms with E-state index in [1.807, 2.05) is 48.7 Å². The molecule has 1 saturated heterocycles. The molecule has 1 aromatic heterocycles. The maximum Gasteiger partial charge on any atom is 0.251 e. The predicted molar refractivity (Wildman–Crippen MR) is 84.4 cm³/mol. The summed E-state index contributed by atoms with van der Waals surface area (Å²) in [4.78, 5) is 16.7. The molecule has 0 aliphatic carbocycles. The predicted octanol–water partition coefficient (Wildman–Crippen LogP) is 2.98. The highest BCUT2D eigenvalue weighted by atomic mass is 16.5. The first-order chi connectivity index (χ1) is 10.8. The van der Waals surface area contributed by atoms with Crippen LogP contribution in [0, 0.1) is 5.92 Å². The number of pyridine rings is 1. The first-order valence-electron chi connectivity index (χ1n) is 7.68. The Bertz CT molecular complexity index is 595. The van der Waals surface area contributed by atoms with Crippen LogP contribution < -0.4 is 5.32 Å².